The second-order valence-electron chi connectivity index (χ2n) is 4.89. The average molecular weight is 243 g/mol. The molecule has 1 heterocycles. The molecule has 0 aliphatic heterocycles. The molecule has 1 aromatic carbocycles. The lowest BCUT2D eigenvalue weighted by Crippen LogP contribution is -2.04. The summed E-state index contributed by atoms with van der Waals surface area (Å²) in [6.07, 6.45) is 2.07. The molecule has 1 aromatic heterocycles. The first-order valence-corrected chi connectivity index (χ1v) is 6.40. The van der Waals surface area contributed by atoms with Crippen molar-refractivity contribution in [2.45, 2.75) is 41.2 Å². The van der Waals surface area contributed by atoms with Crippen molar-refractivity contribution in [1.82, 2.24) is 9.55 Å². The fourth-order valence-electron chi connectivity index (χ4n) is 2.38. The van der Waals surface area contributed by atoms with Crippen LogP contribution in [0.4, 0.5) is 11.6 Å². The fraction of sp³-hybridized carbons (Fsp3) is 0.400. The van der Waals surface area contributed by atoms with Crippen LogP contribution in [0.15, 0.2) is 18.3 Å². The zero-order valence-corrected chi connectivity index (χ0v) is 11.8. The summed E-state index contributed by atoms with van der Waals surface area (Å²) in [5.74, 6) is 0.921. The summed E-state index contributed by atoms with van der Waals surface area (Å²) in [6, 6.07) is 4.39. The summed E-state index contributed by atoms with van der Waals surface area (Å²) in [6.45, 7) is 11.5. The normalized spacial score (nSPS) is 10.7. The smallest absolute Gasteiger partial charge is 0.207 e. The Balaban J connectivity index is 2.39. The molecule has 96 valence electrons. The summed E-state index contributed by atoms with van der Waals surface area (Å²) in [7, 11) is 0. The van der Waals surface area contributed by atoms with Gasteiger partial charge in [-0.2, -0.15) is 0 Å². The van der Waals surface area contributed by atoms with E-state index in [4.69, 9.17) is 0 Å². The lowest BCUT2D eigenvalue weighted by Gasteiger charge is -2.14. The van der Waals surface area contributed by atoms with E-state index in [0.29, 0.717) is 0 Å². The monoisotopic (exact) mass is 243 g/mol. The molecule has 0 fully saturated rings. The molecule has 0 saturated heterocycles. The van der Waals surface area contributed by atoms with Gasteiger partial charge in [0.05, 0.1) is 5.69 Å². The van der Waals surface area contributed by atoms with E-state index in [1.165, 1.54) is 22.4 Å². The molecule has 3 heteroatoms. The number of imidazole rings is 1. The molecule has 0 radical (unpaired) electrons. The number of aryl methyl sites for hydroxylation is 5. The number of rotatable bonds is 3. The van der Waals surface area contributed by atoms with Crippen LogP contribution in [0.5, 0.6) is 0 Å². The minimum Gasteiger partial charge on any atom is -0.325 e. The second kappa shape index (κ2) is 4.84. The number of nitrogens with one attached hydrogen (secondary N) is 1. The summed E-state index contributed by atoms with van der Waals surface area (Å²) in [5, 5.41) is 3.46. The van der Waals surface area contributed by atoms with Crippen molar-refractivity contribution in [2.75, 3.05) is 5.32 Å². The third-order valence-electron chi connectivity index (χ3n) is 3.15. The van der Waals surface area contributed by atoms with Gasteiger partial charge in [0, 0.05) is 18.4 Å². The molecule has 2 aromatic rings. The highest BCUT2D eigenvalue weighted by Crippen LogP contribution is 2.25. The molecule has 0 atom stereocenters. The van der Waals surface area contributed by atoms with Gasteiger partial charge < -0.3 is 9.88 Å². The molecule has 1 N–H and O–H groups in total. The molecule has 18 heavy (non-hydrogen) atoms. The van der Waals surface area contributed by atoms with Crippen molar-refractivity contribution in [3.63, 3.8) is 0 Å². The topological polar surface area (TPSA) is 29.9 Å². The zero-order valence-electron chi connectivity index (χ0n) is 11.8. The number of hydrogen-bond donors (Lipinski definition) is 1. The van der Waals surface area contributed by atoms with Crippen LogP contribution in [-0.4, -0.2) is 9.55 Å². The van der Waals surface area contributed by atoms with E-state index in [1.807, 2.05) is 6.92 Å². The van der Waals surface area contributed by atoms with Crippen LogP contribution in [-0.2, 0) is 6.54 Å². The molecule has 3 nitrogen and oxygen atoms in total. The Hall–Kier alpha value is -1.77. The van der Waals surface area contributed by atoms with Gasteiger partial charge in [0.25, 0.3) is 0 Å². The lowest BCUT2D eigenvalue weighted by molar-refractivity contribution is 0.771. The first kappa shape index (κ1) is 12.7. The maximum atomic E-state index is 4.53. The third-order valence-corrected chi connectivity index (χ3v) is 3.15. The Morgan fingerprint density at radius 2 is 1.72 bits per heavy atom. The Labute approximate surface area is 109 Å². The minimum atomic E-state index is 0.921. The number of benzene rings is 1. The predicted octanol–water partition coefficient (Wildman–Crippen LogP) is 3.88. The van der Waals surface area contributed by atoms with E-state index < -0.39 is 0 Å². The molecule has 0 bridgehead atoms. The fourth-order valence-corrected chi connectivity index (χ4v) is 2.38. The van der Waals surface area contributed by atoms with E-state index in [9.17, 15) is 0 Å². The Morgan fingerprint density at radius 3 is 2.28 bits per heavy atom. The van der Waals surface area contributed by atoms with Crippen LogP contribution < -0.4 is 5.32 Å². The molecular formula is C15H21N3. The Morgan fingerprint density at radius 1 is 1.11 bits per heavy atom. The van der Waals surface area contributed by atoms with Crippen molar-refractivity contribution < 1.29 is 0 Å². The first-order chi connectivity index (χ1) is 8.51. The van der Waals surface area contributed by atoms with Crippen LogP contribution in [0, 0.1) is 27.7 Å². The predicted molar refractivity (Wildman–Crippen MR) is 76.6 cm³/mol. The van der Waals surface area contributed by atoms with Crippen molar-refractivity contribution in [3.8, 4) is 0 Å². The molecule has 0 saturated carbocycles. The van der Waals surface area contributed by atoms with Gasteiger partial charge in [0.15, 0.2) is 0 Å². The van der Waals surface area contributed by atoms with E-state index >= 15 is 0 Å². The van der Waals surface area contributed by atoms with Gasteiger partial charge in [0.1, 0.15) is 0 Å². The van der Waals surface area contributed by atoms with Crippen LogP contribution in [0.3, 0.4) is 0 Å². The summed E-state index contributed by atoms with van der Waals surface area (Å²) >= 11 is 0. The highest BCUT2D eigenvalue weighted by molar-refractivity contribution is 5.64. The van der Waals surface area contributed by atoms with Crippen LogP contribution >= 0.6 is 0 Å². The SMILES string of the molecule is CCn1cc(C)nc1Nc1c(C)cc(C)cc1C. The average Bonchev–Trinajstić information content (AvgIpc) is 2.64. The van der Waals surface area contributed by atoms with Crippen molar-refractivity contribution >= 4 is 11.6 Å². The van der Waals surface area contributed by atoms with Gasteiger partial charge in [-0.1, -0.05) is 17.7 Å². The summed E-state index contributed by atoms with van der Waals surface area (Å²) < 4.78 is 2.13. The zero-order chi connectivity index (χ0) is 13.3. The largest absolute Gasteiger partial charge is 0.325 e. The van der Waals surface area contributed by atoms with Gasteiger partial charge in [-0.25, -0.2) is 4.98 Å². The van der Waals surface area contributed by atoms with Gasteiger partial charge >= 0.3 is 0 Å². The molecule has 0 amide bonds. The van der Waals surface area contributed by atoms with Crippen LogP contribution in [0.1, 0.15) is 29.3 Å². The van der Waals surface area contributed by atoms with E-state index in [0.717, 1.165) is 18.2 Å². The Kier molecular flexibility index (Phi) is 3.41. The second-order valence-corrected chi connectivity index (χ2v) is 4.89. The third kappa shape index (κ3) is 2.40. The summed E-state index contributed by atoms with van der Waals surface area (Å²) in [4.78, 5) is 4.53. The molecule has 0 aliphatic carbocycles. The first-order valence-electron chi connectivity index (χ1n) is 6.40. The number of nitrogens with zero attached hydrogens (tertiary/aromatic N) is 2. The highest BCUT2D eigenvalue weighted by Gasteiger charge is 2.08. The van der Waals surface area contributed by atoms with E-state index in [1.54, 1.807) is 0 Å². The maximum absolute atomic E-state index is 4.53. The summed E-state index contributed by atoms with van der Waals surface area (Å²) in [5.41, 5.74) is 6.03. The molecular weight excluding hydrogens is 222 g/mol. The Bertz CT molecular complexity index is 544. The van der Waals surface area contributed by atoms with Gasteiger partial charge in [-0.3, -0.25) is 0 Å². The van der Waals surface area contributed by atoms with Gasteiger partial charge in [-0.05, 0) is 45.7 Å². The van der Waals surface area contributed by atoms with Crippen molar-refractivity contribution in [1.29, 1.82) is 0 Å². The lowest BCUT2D eigenvalue weighted by atomic mass is 10.1. The van der Waals surface area contributed by atoms with Crippen LogP contribution in [0.25, 0.3) is 0 Å². The van der Waals surface area contributed by atoms with Crippen LogP contribution in [0.2, 0.25) is 0 Å². The number of anilines is 2. The molecule has 2 rings (SSSR count). The number of hydrogen-bond acceptors (Lipinski definition) is 2. The highest BCUT2D eigenvalue weighted by atomic mass is 15.2. The minimum absolute atomic E-state index is 0.921. The van der Waals surface area contributed by atoms with Gasteiger partial charge in [0.2, 0.25) is 5.95 Å². The quantitative estimate of drug-likeness (QED) is 0.886. The molecule has 0 aliphatic rings. The van der Waals surface area contributed by atoms with Crippen molar-refractivity contribution in [2.24, 2.45) is 0 Å². The molecule has 0 spiro atoms. The van der Waals surface area contributed by atoms with E-state index in [-0.39, 0.29) is 0 Å². The van der Waals surface area contributed by atoms with Gasteiger partial charge in [-0.15, -0.1) is 0 Å². The van der Waals surface area contributed by atoms with E-state index in [2.05, 4.69) is 60.9 Å². The standard InChI is InChI=1S/C15H21N3/c1-6-18-9-13(5)16-15(18)17-14-11(3)7-10(2)8-12(14)4/h7-9H,6H2,1-5H3,(H,16,17). The molecule has 0 unspecified atom stereocenters. The van der Waals surface area contributed by atoms with Crippen molar-refractivity contribution in [3.05, 3.63) is 40.7 Å². The number of aromatic nitrogens is 2. The maximum Gasteiger partial charge on any atom is 0.207 e.